The molecule has 0 amide bonds. The fraction of sp³-hybridized carbons (Fsp3) is 0.647. The number of nitrogens with zero attached hydrogens (tertiary/aromatic N) is 2. The molecule has 0 radical (unpaired) electrons. The lowest BCUT2D eigenvalue weighted by atomic mass is 10.1. The number of hydrogen-bond donors (Lipinski definition) is 1. The second-order valence-corrected chi connectivity index (χ2v) is 5.96. The molecule has 5 nitrogen and oxygen atoms in total. The zero-order chi connectivity index (χ0) is 15.9. The molecular formula is C17H28N2O3. The van der Waals surface area contributed by atoms with E-state index < -0.39 is 0 Å². The van der Waals surface area contributed by atoms with E-state index in [1.807, 2.05) is 6.07 Å². The Hall–Kier alpha value is -1.14. The molecule has 1 unspecified atom stereocenters. The fourth-order valence-corrected chi connectivity index (χ4v) is 3.07. The topological polar surface area (TPSA) is 45.2 Å². The fourth-order valence-electron chi connectivity index (χ4n) is 3.07. The third kappa shape index (κ3) is 4.43. The van der Waals surface area contributed by atoms with E-state index in [-0.39, 0.29) is 6.61 Å². The van der Waals surface area contributed by atoms with Crippen molar-refractivity contribution in [2.24, 2.45) is 0 Å². The Morgan fingerprint density at radius 2 is 2.09 bits per heavy atom. The van der Waals surface area contributed by atoms with E-state index in [0.29, 0.717) is 12.6 Å². The molecular weight excluding hydrogens is 280 g/mol. The molecule has 1 aliphatic heterocycles. The van der Waals surface area contributed by atoms with Crippen molar-refractivity contribution in [3.8, 4) is 5.75 Å². The minimum absolute atomic E-state index is 0.253. The zero-order valence-corrected chi connectivity index (χ0v) is 13.9. The van der Waals surface area contributed by atoms with Crippen molar-refractivity contribution in [3.05, 3.63) is 29.3 Å². The SMILES string of the molecule is COCc1cc(CN2CCN(C)C(CCO)C2)ccc1OC. The Balaban J connectivity index is 2.02. The van der Waals surface area contributed by atoms with Gasteiger partial charge in [-0.1, -0.05) is 6.07 Å². The number of benzene rings is 1. The first-order chi connectivity index (χ1) is 10.7. The highest BCUT2D eigenvalue weighted by Gasteiger charge is 2.23. The van der Waals surface area contributed by atoms with Crippen LogP contribution < -0.4 is 4.74 Å². The quantitative estimate of drug-likeness (QED) is 0.823. The van der Waals surface area contributed by atoms with Crippen molar-refractivity contribution in [2.45, 2.75) is 25.6 Å². The van der Waals surface area contributed by atoms with Crippen LogP contribution in [-0.4, -0.2) is 68.5 Å². The molecule has 5 heteroatoms. The molecule has 1 aromatic rings. The Morgan fingerprint density at radius 3 is 2.77 bits per heavy atom. The molecule has 1 saturated heterocycles. The van der Waals surface area contributed by atoms with Gasteiger partial charge in [0.25, 0.3) is 0 Å². The van der Waals surface area contributed by atoms with E-state index in [4.69, 9.17) is 9.47 Å². The molecule has 1 aromatic carbocycles. The maximum atomic E-state index is 9.19. The van der Waals surface area contributed by atoms with Crippen molar-refractivity contribution < 1.29 is 14.6 Å². The molecule has 0 saturated carbocycles. The number of rotatable bonds is 7. The molecule has 124 valence electrons. The molecule has 0 aliphatic carbocycles. The number of methoxy groups -OCH3 is 2. The summed E-state index contributed by atoms with van der Waals surface area (Å²) < 4.78 is 10.6. The van der Waals surface area contributed by atoms with E-state index in [2.05, 4.69) is 29.0 Å². The van der Waals surface area contributed by atoms with Crippen LogP contribution in [0.3, 0.4) is 0 Å². The normalized spacial score (nSPS) is 20.3. The lowest BCUT2D eigenvalue weighted by molar-refractivity contribution is 0.0742. The van der Waals surface area contributed by atoms with Gasteiger partial charge < -0.3 is 19.5 Å². The molecule has 0 bridgehead atoms. The van der Waals surface area contributed by atoms with Gasteiger partial charge in [-0.25, -0.2) is 0 Å². The molecule has 1 atom stereocenters. The number of likely N-dealkylation sites (N-methyl/N-ethyl adjacent to an activating group) is 1. The highest BCUT2D eigenvalue weighted by atomic mass is 16.5. The Morgan fingerprint density at radius 1 is 1.27 bits per heavy atom. The van der Waals surface area contributed by atoms with Crippen molar-refractivity contribution >= 4 is 0 Å². The van der Waals surface area contributed by atoms with Gasteiger partial charge in [-0.05, 0) is 31.2 Å². The van der Waals surface area contributed by atoms with Crippen LogP contribution in [0.2, 0.25) is 0 Å². The molecule has 0 spiro atoms. The van der Waals surface area contributed by atoms with Crippen molar-refractivity contribution in [1.82, 2.24) is 9.80 Å². The molecule has 0 aromatic heterocycles. The van der Waals surface area contributed by atoms with Gasteiger partial charge in [0.05, 0.1) is 13.7 Å². The summed E-state index contributed by atoms with van der Waals surface area (Å²) in [6.07, 6.45) is 0.838. The van der Waals surface area contributed by atoms with Gasteiger partial charge >= 0.3 is 0 Å². The lowest BCUT2D eigenvalue weighted by Gasteiger charge is -2.39. The van der Waals surface area contributed by atoms with Gasteiger partial charge in [0.15, 0.2) is 0 Å². The minimum atomic E-state index is 0.253. The molecule has 2 rings (SSSR count). The number of aliphatic hydroxyl groups is 1. The maximum absolute atomic E-state index is 9.19. The van der Waals surface area contributed by atoms with E-state index in [1.54, 1.807) is 14.2 Å². The first-order valence-electron chi connectivity index (χ1n) is 7.86. The predicted octanol–water partition coefficient (Wildman–Crippen LogP) is 1.34. The summed E-state index contributed by atoms with van der Waals surface area (Å²) in [7, 11) is 5.53. The Labute approximate surface area is 133 Å². The summed E-state index contributed by atoms with van der Waals surface area (Å²) >= 11 is 0. The van der Waals surface area contributed by atoms with Crippen LogP contribution in [0.4, 0.5) is 0 Å². The third-order valence-electron chi connectivity index (χ3n) is 4.37. The summed E-state index contributed by atoms with van der Waals surface area (Å²) in [6, 6.07) is 6.75. The van der Waals surface area contributed by atoms with Crippen LogP contribution in [0.25, 0.3) is 0 Å². The van der Waals surface area contributed by atoms with Gasteiger partial charge in [0, 0.05) is 51.5 Å². The highest BCUT2D eigenvalue weighted by Crippen LogP contribution is 2.22. The lowest BCUT2D eigenvalue weighted by Crippen LogP contribution is -2.51. The molecule has 1 fully saturated rings. The van der Waals surface area contributed by atoms with Gasteiger partial charge in [-0.15, -0.1) is 0 Å². The van der Waals surface area contributed by atoms with Crippen LogP contribution in [-0.2, 0) is 17.9 Å². The average molecular weight is 308 g/mol. The van der Waals surface area contributed by atoms with Crippen molar-refractivity contribution in [3.63, 3.8) is 0 Å². The first-order valence-corrected chi connectivity index (χ1v) is 7.86. The molecule has 1 heterocycles. The monoisotopic (exact) mass is 308 g/mol. The average Bonchev–Trinajstić information content (AvgIpc) is 2.51. The van der Waals surface area contributed by atoms with Gasteiger partial charge in [-0.3, -0.25) is 4.90 Å². The second-order valence-electron chi connectivity index (χ2n) is 5.96. The summed E-state index contributed by atoms with van der Waals surface area (Å²) in [5, 5.41) is 9.19. The summed E-state index contributed by atoms with van der Waals surface area (Å²) in [6.45, 7) is 4.85. The summed E-state index contributed by atoms with van der Waals surface area (Å²) in [5.41, 5.74) is 2.36. The zero-order valence-electron chi connectivity index (χ0n) is 13.9. The van der Waals surface area contributed by atoms with Gasteiger partial charge in [0.2, 0.25) is 0 Å². The molecule has 1 aliphatic rings. The smallest absolute Gasteiger partial charge is 0.124 e. The number of aliphatic hydroxyl groups excluding tert-OH is 1. The molecule has 22 heavy (non-hydrogen) atoms. The number of hydrogen-bond acceptors (Lipinski definition) is 5. The maximum Gasteiger partial charge on any atom is 0.124 e. The van der Waals surface area contributed by atoms with Crippen LogP contribution in [0.1, 0.15) is 17.5 Å². The van der Waals surface area contributed by atoms with Crippen LogP contribution in [0.15, 0.2) is 18.2 Å². The van der Waals surface area contributed by atoms with E-state index in [9.17, 15) is 5.11 Å². The largest absolute Gasteiger partial charge is 0.496 e. The molecule has 1 N–H and O–H groups in total. The highest BCUT2D eigenvalue weighted by molar-refractivity contribution is 5.37. The van der Waals surface area contributed by atoms with E-state index in [1.165, 1.54) is 5.56 Å². The standard InChI is InChI=1S/C17H28N2O3/c1-18-7-8-19(12-16(18)6-9-20)11-14-4-5-17(22-3)15(10-14)13-21-2/h4-5,10,16,20H,6-9,11-13H2,1-3H3. The van der Waals surface area contributed by atoms with Crippen molar-refractivity contribution in [2.75, 3.05) is 47.5 Å². The summed E-state index contributed by atoms with van der Waals surface area (Å²) in [5.74, 6) is 0.877. The van der Waals surface area contributed by atoms with Crippen molar-refractivity contribution in [1.29, 1.82) is 0 Å². The Kier molecular flexibility index (Phi) is 6.64. The first kappa shape index (κ1) is 17.2. The van der Waals surface area contributed by atoms with Crippen LogP contribution >= 0.6 is 0 Å². The third-order valence-corrected chi connectivity index (χ3v) is 4.37. The van der Waals surface area contributed by atoms with Crippen LogP contribution in [0, 0.1) is 0 Å². The van der Waals surface area contributed by atoms with Crippen LogP contribution in [0.5, 0.6) is 5.75 Å². The summed E-state index contributed by atoms with van der Waals surface area (Å²) in [4.78, 5) is 4.80. The second kappa shape index (κ2) is 8.48. The minimum Gasteiger partial charge on any atom is -0.496 e. The Bertz CT molecular complexity index is 467. The van der Waals surface area contributed by atoms with E-state index >= 15 is 0 Å². The number of piperazine rings is 1. The predicted molar refractivity (Wildman–Crippen MR) is 87.1 cm³/mol. The van der Waals surface area contributed by atoms with Gasteiger partial charge in [-0.2, -0.15) is 0 Å². The van der Waals surface area contributed by atoms with Gasteiger partial charge in [0.1, 0.15) is 5.75 Å². The number of ether oxygens (including phenoxy) is 2. The van der Waals surface area contributed by atoms with E-state index in [0.717, 1.165) is 43.9 Å².